The quantitative estimate of drug-likeness (QED) is 0.666. The highest BCUT2D eigenvalue weighted by Gasteiger charge is 2.48. The fraction of sp³-hybridized carbons (Fsp3) is 0.611. The Balaban J connectivity index is 2.03. The van der Waals surface area contributed by atoms with E-state index in [4.69, 9.17) is 9.84 Å². The van der Waals surface area contributed by atoms with Gasteiger partial charge in [0.25, 0.3) is 0 Å². The van der Waals surface area contributed by atoms with Crippen molar-refractivity contribution in [3.05, 3.63) is 29.8 Å². The molecule has 0 radical (unpaired) electrons. The van der Waals surface area contributed by atoms with Crippen LogP contribution in [0.1, 0.15) is 31.7 Å². The lowest BCUT2D eigenvalue weighted by Gasteiger charge is -2.43. The molecule has 1 aromatic carbocycles. The summed E-state index contributed by atoms with van der Waals surface area (Å²) in [4.78, 5) is 13.9. The summed E-state index contributed by atoms with van der Waals surface area (Å²) in [6.07, 6.45) is 0.895. The summed E-state index contributed by atoms with van der Waals surface area (Å²) >= 11 is 0. The van der Waals surface area contributed by atoms with Gasteiger partial charge in [0.2, 0.25) is 0 Å². The second-order valence-corrected chi connectivity index (χ2v) is 6.44. The molecule has 134 valence electrons. The van der Waals surface area contributed by atoms with Gasteiger partial charge in [0, 0.05) is 19.6 Å². The van der Waals surface area contributed by atoms with Crippen LogP contribution in [-0.4, -0.2) is 58.6 Å². The number of hydrogen-bond donors (Lipinski definition) is 3. The van der Waals surface area contributed by atoms with Gasteiger partial charge >= 0.3 is 5.97 Å². The van der Waals surface area contributed by atoms with Crippen molar-refractivity contribution in [2.24, 2.45) is 5.41 Å². The lowest BCUT2D eigenvalue weighted by Crippen LogP contribution is -2.55. The molecule has 0 aromatic heterocycles. The molecule has 0 unspecified atom stereocenters. The zero-order chi connectivity index (χ0) is 17.6. The van der Waals surface area contributed by atoms with Gasteiger partial charge < -0.3 is 20.1 Å². The molecule has 24 heavy (non-hydrogen) atoms. The van der Waals surface area contributed by atoms with Crippen LogP contribution in [0.2, 0.25) is 0 Å². The van der Waals surface area contributed by atoms with E-state index in [1.54, 1.807) is 0 Å². The minimum Gasteiger partial charge on any atom is -0.491 e. The van der Waals surface area contributed by atoms with Crippen LogP contribution in [0, 0.1) is 5.41 Å². The molecule has 1 saturated heterocycles. The molecule has 0 amide bonds. The maximum absolute atomic E-state index is 11.8. The first-order chi connectivity index (χ1) is 11.5. The molecule has 1 fully saturated rings. The van der Waals surface area contributed by atoms with Crippen LogP contribution in [0.4, 0.5) is 0 Å². The van der Waals surface area contributed by atoms with Crippen LogP contribution < -0.4 is 4.74 Å². The number of carboxylic acids is 1. The van der Waals surface area contributed by atoms with E-state index in [1.807, 2.05) is 31.2 Å². The first-order valence-corrected chi connectivity index (χ1v) is 8.48. The monoisotopic (exact) mass is 337 g/mol. The first kappa shape index (κ1) is 18.7. The zero-order valence-corrected chi connectivity index (χ0v) is 14.1. The molecule has 0 bridgehead atoms. The molecule has 1 aromatic rings. The molecular weight excluding hydrogens is 310 g/mol. The van der Waals surface area contributed by atoms with Gasteiger partial charge in [-0.2, -0.15) is 0 Å². The average molecular weight is 337 g/mol. The van der Waals surface area contributed by atoms with Crippen molar-refractivity contribution in [1.82, 2.24) is 4.90 Å². The standard InChI is InChI=1S/C18H27NO5/c1-2-8-18(17(22)23)13-19(9-7-16(18)21)12-14-3-5-15(6-4-14)24-11-10-20/h3-6,16,20-21H,2,7-13H2,1H3,(H,22,23)/t16-,18+/m0/s1. The summed E-state index contributed by atoms with van der Waals surface area (Å²) < 4.78 is 5.34. The first-order valence-electron chi connectivity index (χ1n) is 8.48. The highest BCUT2D eigenvalue weighted by Crippen LogP contribution is 2.36. The van der Waals surface area contributed by atoms with Crippen molar-refractivity contribution >= 4 is 5.97 Å². The van der Waals surface area contributed by atoms with Gasteiger partial charge in [-0.25, -0.2) is 0 Å². The molecule has 0 saturated carbocycles. The van der Waals surface area contributed by atoms with Crippen LogP contribution in [0.15, 0.2) is 24.3 Å². The molecule has 2 rings (SSSR count). The molecule has 6 heteroatoms. The van der Waals surface area contributed by atoms with Crippen molar-refractivity contribution in [1.29, 1.82) is 0 Å². The molecule has 2 atom stereocenters. The highest BCUT2D eigenvalue weighted by atomic mass is 16.5. The van der Waals surface area contributed by atoms with E-state index in [2.05, 4.69) is 4.90 Å². The summed E-state index contributed by atoms with van der Waals surface area (Å²) in [5, 5.41) is 28.7. The number of rotatable bonds is 8. The van der Waals surface area contributed by atoms with E-state index in [0.717, 1.165) is 12.0 Å². The van der Waals surface area contributed by atoms with Crippen LogP contribution in [0.25, 0.3) is 0 Å². The largest absolute Gasteiger partial charge is 0.491 e. The van der Waals surface area contributed by atoms with Crippen LogP contribution in [-0.2, 0) is 11.3 Å². The van der Waals surface area contributed by atoms with Crippen molar-refractivity contribution in [2.75, 3.05) is 26.3 Å². The Kier molecular flexibility index (Phi) is 6.60. The predicted octanol–water partition coefficient (Wildman–Crippen LogP) is 1.50. The Hall–Kier alpha value is -1.63. The Morgan fingerprint density at radius 1 is 1.38 bits per heavy atom. The Bertz CT molecular complexity index is 533. The normalized spacial score (nSPS) is 24.7. The molecule has 1 heterocycles. The molecule has 6 nitrogen and oxygen atoms in total. The lowest BCUT2D eigenvalue weighted by molar-refractivity contribution is -0.164. The maximum Gasteiger partial charge on any atom is 0.313 e. The Labute approximate surface area is 142 Å². The van der Waals surface area contributed by atoms with Crippen LogP contribution in [0.5, 0.6) is 5.75 Å². The molecule has 0 spiro atoms. The third-order valence-electron chi connectivity index (χ3n) is 4.67. The van der Waals surface area contributed by atoms with Gasteiger partial charge in [0.15, 0.2) is 0 Å². The topological polar surface area (TPSA) is 90.2 Å². The average Bonchev–Trinajstić information content (AvgIpc) is 2.57. The van der Waals surface area contributed by atoms with Crippen molar-refractivity contribution in [3.8, 4) is 5.75 Å². The van der Waals surface area contributed by atoms with E-state index in [1.165, 1.54) is 0 Å². The maximum atomic E-state index is 11.8. The Morgan fingerprint density at radius 2 is 2.08 bits per heavy atom. The fourth-order valence-electron chi connectivity index (χ4n) is 3.42. The lowest BCUT2D eigenvalue weighted by atomic mass is 9.74. The number of hydrogen-bond acceptors (Lipinski definition) is 5. The number of ether oxygens (including phenoxy) is 1. The predicted molar refractivity (Wildman–Crippen MR) is 89.9 cm³/mol. The second kappa shape index (κ2) is 8.46. The number of aliphatic hydroxyl groups excluding tert-OH is 2. The number of aliphatic carboxylic acids is 1. The minimum absolute atomic E-state index is 0.0213. The van der Waals surface area contributed by atoms with Crippen LogP contribution in [0.3, 0.4) is 0 Å². The molecule has 3 N–H and O–H groups in total. The number of nitrogens with zero attached hydrogens (tertiary/aromatic N) is 1. The second-order valence-electron chi connectivity index (χ2n) is 6.44. The van der Waals surface area contributed by atoms with E-state index in [0.29, 0.717) is 38.2 Å². The number of likely N-dealkylation sites (tertiary alicyclic amines) is 1. The molecule has 1 aliphatic rings. The van der Waals surface area contributed by atoms with Crippen LogP contribution >= 0.6 is 0 Å². The van der Waals surface area contributed by atoms with Gasteiger partial charge in [-0.05, 0) is 30.5 Å². The molecule has 1 aliphatic heterocycles. The van der Waals surface area contributed by atoms with Gasteiger partial charge in [-0.1, -0.05) is 25.5 Å². The zero-order valence-electron chi connectivity index (χ0n) is 14.1. The number of aliphatic hydroxyl groups is 2. The van der Waals surface area contributed by atoms with E-state index >= 15 is 0 Å². The van der Waals surface area contributed by atoms with E-state index in [9.17, 15) is 15.0 Å². The minimum atomic E-state index is -1.07. The number of piperidine rings is 1. The molecular formula is C18H27NO5. The van der Waals surface area contributed by atoms with Crippen molar-refractivity contribution in [2.45, 2.75) is 38.8 Å². The summed E-state index contributed by atoms with van der Waals surface area (Å²) in [6, 6.07) is 7.58. The van der Waals surface area contributed by atoms with Gasteiger partial charge in [-0.3, -0.25) is 9.69 Å². The third-order valence-corrected chi connectivity index (χ3v) is 4.67. The summed E-state index contributed by atoms with van der Waals surface area (Å²) in [7, 11) is 0. The van der Waals surface area contributed by atoms with Gasteiger partial charge in [0.05, 0.1) is 12.7 Å². The van der Waals surface area contributed by atoms with Crippen molar-refractivity contribution < 1.29 is 24.9 Å². The van der Waals surface area contributed by atoms with E-state index in [-0.39, 0.29) is 13.2 Å². The van der Waals surface area contributed by atoms with Gasteiger partial charge in [0.1, 0.15) is 17.8 Å². The third kappa shape index (κ3) is 4.26. The number of carboxylic acid groups (broad SMARTS) is 1. The summed E-state index contributed by atoms with van der Waals surface area (Å²) in [5.74, 6) is -0.206. The SMILES string of the molecule is CCC[C@@]1(C(=O)O)CN(Cc2ccc(OCCO)cc2)CC[C@@H]1O. The number of carbonyl (C=O) groups is 1. The fourth-order valence-corrected chi connectivity index (χ4v) is 3.42. The summed E-state index contributed by atoms with van der Waals surface area (Å²) in [5.41, 5.74) is -0.00417. The molecule has 0 aliphatic carbocycles. The van der Waals surface area contributed by atoms with E-state index < -0.39 is 17.5 Å². The Morgan fingerprint density at radius 3 is 2.67 bits per heavy atom. The highest BCUT2D eigenvalue weighted by molar-refractivity contribution is 5.76. The number of benzene rings is 1. The smallest absolute Gasteiger partial charge is 0.313 e. The van der Waals surface area contributed by atoms with Crippen molar-refractivity contribution in [3.63, 3.8) is 0 Å². The van der Waals surface area contributed by atoms with Gasteiger partial charge in [-0.15, -0.1) is 0 Å². The summed E-state index contributed by atoms with van der Waals surface area (Å²) in [6.45, 7) is 3.88.